The lowest BCUT2D eigenvalue weighted by molar-refractivity contribution is -0.151. The van der Waals surface area contributed by atoms with Crippen molar-refractivity contribution in [3.05, 3.63) is 35.9 Å². The molecule has 0 saturated carbocycles. The van der Waals surface area contributed by atoms with Gasteiger partial charge in [-0.25, -0.2) is 9.59 Å². The van der Waals surface area contributed by atoms with Crippen LogP contribution in [0.1, 0.15) is 66.9 Å². The predicted octanol–water partition coefficient (Wildman–Crippen LogP) is 5.28. The molecule has 1 aromatic rings. The van der Waals surface area contributed by atoms with Gasteiger partial charge in [0.2, 0.25) is 0 Å². The molecule has 172 valence electrons. The van der Waals surface area contributed by atoms with Crippen LogP contribution in [0, 0.1) is 12.8 Å². The standard InChI is InChI=1S/C17H33NO5.C7H8/c1-12(2)8-10-21-11-9-13(3)22-15(19)14(4)18-16(20)23-17(5,6)7;1-7-5-3-2-4-6-7/h12-14H,8-11H2,1-7H3,(H,18,20);2-6H,1H3/t13-,14-;/m0./s1. The summed E-state index contributed by atoms with van der Waals surface area (Å²) in [4.78, 5) is 23.5. The molecule has 0 radical (unpaired) electrons. The van der Waals surface area contributed by atoms with Gasteiger partial charge in [-0.3, -0.25) is 0 Å². The normalized spacial score (nSPS) is 13.0. The van der Waals surface area contributed by atoms with Crippen molar-refractivity contribution in [2.75, 3.05) is 13.2 Å². The zero-order chi connectivity index (χ0) is 23.2. The lowest BCUT2D eigenvalue weighted by atomic mass is 10.1. The fourth-order valence-corrected chi connectivity index (χ4v) is 2.11. The maximum atomic E-state index is 11.9. The first-order valence-corrected chi connectivity index (χ1v) is 10.7. The lowest BCUT2D eigenvalue weighted by Gasteiger charge is -2.22. The average molecular weight is 424 g/mol. The number of hydrogen-bond acceptors (Lipinski definition) is 5. The Labute approximate surface area is 182 Å². The number of amides is 1. The number of carbonyl (C=O) groups is 2. The molecule has 2 atom stereocenters. The summed E-state index contributed by atoms with van der Waals surface area (Å²) in [5.41, 5.74) is 0.719. The first kappa shape index (κ1) is 27.9. The summed E-state index contributed by atoms with van der Waals surface area (Å²) in [6.45, 7) is 16.3. The Kier molecular flexibility index (Phi) is 13.8. The molecule has 1 rings (SSSR count). The second-order valence-electron chi connectivity index (χ2n) is 8.85. The van der Waals surface area contributed by atoms with Crippen molar-refractivity contribution in [3.8, 4) is 0 Å². The Morgan fingerprint density at radius 2 is 1.53 bits per heavy atom. The Morgan fingerprint density at radius 3 is 2.00 bits per heavy atom. The van der Waals surface area contributed by atoms with Crippen LogP contribution in [0.5, 0.6) is 0 Å². The van der Waals surface area contributed by atoms with Crippen LogP contribution in [-0.2, 0) is 19.0 Å². The Hall–Kier alpha value is -2.08. The third-order valence-corrected chi connectivity index (χ3v) is 3.85. The van der Waals surface area contributed by atoms with E-state index >= 15 is 0 Å². The van der Waals surface area contributed by atoms with E-state index in [-0.39, 0.29) is 6.10 Å². The van der Waals surface area contributed by atoms with Crippen molar-refractivity contribution in [3.63, 3.8) is 0 Å². The van der Waals surface area contributed by atoms with Crippen LogP contribution < -0.4 is 5.32 Å². The largest absolute Gasteiger partial charge is 0.461 e. The summed E-state index contributed by atoms with van der Waals surface area (Å²) in [5, 5.41) is 2.46. The van der Waals surface area contributed by atoms with E-state index in [1.54, 1.807) is 27.7 Å². The number of aryl methyl sites for hydroxylation is 1. The summed E-state index contributed by atoms with van der Waals surface area (Å²) in [6, 6.07) is 9.51. The van der Waals surface area contributed by atoms with Gasteiger partial charge in [0.15, 0.2) is 0 Å². The number of esters is 1. The Bertz CT molecular complexity index is 595. The minimum absolute atomic E-state index is 0.260. The van der Waals surface area contributed by atoms with Gasteiger partial charge < -0.3 is 19.5 Å². The van der Waals surface area contributed by atoms with Gasteiger partial charge in [-0.15, -0.1) is 0 Å². The fraction of sp³-hybridized carbons (Fsp3) is 0.667. The van der Waals surface area contributed by atoms with Crippen molar-refractivity contribution in [1.82, 2.24) is 5.32 Å². The van der Waals surface area contributed by atoms with Crippen LogP contribution in [-0.4, -0.2) is 43.0 Å². The molecule has 1 aromatic carbocycles. The van der Waals surface area contributed by atoms with E-state index in [0.717, 1.165) is 13.0 Å². The Morgan fingerprint density at radius 1 is 0.967 bits per heavy atom. The van der Waals surface area contributed by atoms with Gasteiger partial charge in [0.1, 0.15) is 17.7 Å². The molecule has 0 aliphatic rings. The van der Waals surface area contributed by atoms with E-state index in [1.807, 2.05) is 25.1 Å². The number of alkyl carbamates (subject to hydrolysis) is 1. The monoisotopic (exact) mass is 423 g/mol. The molecule has 0 spiro atoms. The van der Waals surface area contributed by atoms with Gasteiger partial charge in [-0.2, -0.15) is 0 Å². The highest BCUT2D eigenvalue weighted by atomic mass is 16.6. The number of carbonyl (C=O) groups excluding carboxylic acids is 2. The average Bonchev–Trinajstić information content (AvgIpc) is 2.60. The molecule has 0 heterocycles. The summed E-state index contributed by atoms with van der Waals surface area (Å²) in [6.07, 6.45) is 0.754. The molecule has 0 fully saturated rings. The van der Waals surface area contributed by atoms with Crippen molar-refractivity contribution >= 4 is 12.1 Å². The third-order valence-electron chi connectivity index (χ3n) is 3.85. The molecular formula is C24H41NO5. The molecule has 0 aromatic heterocycles. The van der Waals surface area contributed by atoms with Crippen LogP contribution in [0.3, 0.4) is 0 Å². The number of hydrogen-bond donors (Lipinski definition) is 1. The van der Waals surface area contributed by atoms with Crippen molar-refractivity contribution in [2.45, 2.75) is 86.0 Å². The Balaban J connectivity index is 0.000001000. The molecule has 6 heteroatoms. The van der Waals surface area contributed by atoms with Crippen molar-refractivity contribution < 1.29 is 23.8 Å². The van der Waals surface area contributed by atoms with E-state index in [1.165, 1.54) is 5.56 Å². The van der Waals surface area contributed by atoms with Gasteiger partial charge in [0, 0.05) is 13.0 Å². The van der Waals surface area contributed by atoms with Gasteiger partial charge in [0.05, 0.1) is 6.61 Å². The van der Waals surface area contributed by atoms with Gasteiger partial charge in [0.25, 0.3) is 0 Å². The predicted molar refractivity (Wildman–Crippen MR) is 120 cm³/mol. The van der Waals surface area contributed by atoms with Crippen molar-refractivity contribution in [1.29, 1.82) is 0 Å². The van der Waals surface area contributed by atoms with Crippen LogP contribution in [0.15, 0.2) is 30.3 Å². The minimum atomic E-state index is -0.755. The maximum Gasteiger partial charge on any atom is 0.408 e. The molecule has 30 heavy (non-hydrogen) atoms. The van der Waals surface area contributed by atoms with E-state index in [4.69, 9.17) is 14.2 Å². The molecule has 0 aliphatic heterocycles. The van der Waals surface area contributed by atoms with Gasteiger partial charge in [-0.05, 0) is 53.9 Å². The van der Waals surface area contributed by atoms with E-state index in [2.05, 4.69) is 38.2 Å². The third kappa shape index (κ3) is 16.8. The number of benzene rings is 1. The fourth-order valence-electron chi connectivity index (χ4n) is 2.11. The highest BCUT2D eigenvalue weighted by Crippen LogP contribution is 2.07. The molecule has 0 aliphatic carbocycles. The van der Waals surface area contributed by atoms with E-state index in [9.17, 15) is 9.59 Å². The molecular weight excluding hydrogens is 382 g/mol. The summed E-state index contributed by atoms with van der Waals surface area (Å²) < 4.78 is 15.9. The maximum absolute atomic E-state index is 11.9. The van der Waals surface area contributed by atoms with Crippen LogP contribution in [0.2, 0.25) is 0 Å². The number of rotatable bonds is 9. The molecule has 6 nitrogen and oxygen atoms in total. The molecule has 1 amide bonds. The van der Waals surface area contributed by atoms with Crippen LogP contribution in [0.25, 0.3) is 0 Å². The summed E-state index contributed by atoms with van der Waals surface area (Å²) >= 11 is 0. The van der Waals surface area contributed by atoms with Crippen LogP contribution >= 0.6 is 0 Å². The summed E-state index contributed by atoms with van der Waals surface area (Å²) in [5.74, 6) is 0.135. The zero-order valence-electron chi connectivity index (χ0n) is 20.0. The smallest absolute Gasteiger partial charge is 0.408 e. The topological polar surface area (TPSA) is 73.9 Å². The van der Waals surface area contributed by atoms with Gasteiger partial charge in [-0.1, -0.05) is 49.7 Å². The molecule has 1 N–H and O–H groups in total. The highest BCUT2D eigenvalue weighted by molar-refractivity contribution is 5.81. The molecule has 0 bridgehead atoms. The quantitative estimate of drug-likeness (QED) is 0.432. The number of ether oxygens (including phenoxy) is 3. The second kappa shape index (κ2) is 14.8. The van der Waals surface area contributed by atoms with Crippen molar-refractivity contribution in [2.24, 2.45) is 5.92 Å². The first-order valence-electron chi connectivity index (χ1n) is 10.7. The number of nitrogens with one attached hydrogen (secondary N) is 1. The molecule has 0 saturated heterocycles. The van der Waals surface area contributed by atoms with E-state index < -0.39 is 23.7 Å². The first-order chi connectivity index (χ1) is 13.9. The zero-order valence-corrected chi connectivity index (χ0v) is 20.0. The highest BCUT2D eigenvalue weighted by Gasteiger charge is 2.23. The second-order valence-corrected chi connectivity index (χ2v) is 8.85. The van der Waals surface area contributed by atoms with Crippen LogP contribution in [0.4, 0.5) is 4.79 Å². The SMILES string of the molecule is CC(C)CCOCC[C@H](C)OC(=O)[C@H](C)NC(=O)OC(C)(C)C.Cc1ccccc1. The lowest BCUT2D eigenvalue weighted by Crippen LogP contribution is -2.43. The summed E-state index contributed by atoms with van der Waals surface area (Å²) in [7, 11) is 0. The molecule has 0 unspecified atom stereocenters. The minimum Gasteiger partial charge on any atom is -0.461 e. The van der Waals surface area contributed by atoms with E-state index in [0.29, 0.717) is 18.9 Å². The van der Waals surface area contributed by atoms with Gasteiger partial charge >= 0.3 is 12.1 Å².